The van der Waals surface area contributed by atoms with Gasteiger partial charge < -0.3 is 64.2 Å². The SMILES string of the molecule is CC/C=C\C/C=C\C/C=C\CCCCCCCC(=O)OCC(CO[C@@H]1O[C@H](CO[C@H]2O[C@H](CO)[C@H](O)[C@H](O)[C@H]2O)[C@H](O)[C@H](O)[C@H]1O)OC(=O)CCCCCCC/C=C\CCCCCCCC. The molecule has 2 heterocycles. The van der Waals surface area contributed by atoms with E-state index >= 15 is 0 Å². The Hall–Kier alpha value is -2.54. The highest BCUT2D eigenvalue weighted by atomic mass is 16.7. The first-order chi connectivity index (χ1) is 32.0. The van der Waals surface area contributed by atoms with Crippen molar-refractivity contribution in [2.24, 2.45) is 0 Å². The monoisotopic (exact) mass is 941 g/mol. The Morgan fingerprint density at radius 1 is 0.500 bits per heavy atom. The fourth-order valence-electron chi connectivity index (χ4n) is 7.64. The molecular formula is C51H88O15. The van der Waals surface area contributed by atoms with Gasteiger partial charge in [-0.1, -0.05) is 133 Å². The standard InChI is InChI=1S/C51H88O15/c1-3-5-7-9-11-13-15-17-19-21-23-25-27-29-31-33-42(53)61-36-39(64-43(54)34-32-30-28-26-24-22-20-18-16-14-12-10-8-6-4-2)37-62-50-49(60)47(58)45(56)41(66-50)38-63-51-48(59)46(57)44(55)40(35-52)65-51/h5,7,11,13,17-20,39-41,44-52,55-60H,3-4,6,8-10,12,14-16,21-38H2,1-2H3/b7-5-,13-11-,19-17-,20-18-/t39?,40-,41-,44+,45+,46+,47+,48-,49-,50-,51+/m1/s1. The quantitative estimate of drug-likeness (QED) is 0.0194. The first-order valence-corrected chi connectivity index (χ1v) is 25.2. The molecule has 66 heavy (non-hydrogen) atoms. The zero-order valence-electron chi connectivity index (χ0n) is 40.2. The molecule has 382 valence electrons. The van der Waals surface area contributed by atoms with Gasteiger partial charge in [0.25, 0.3) is 0 Å². The average Bonchev–Trinajstić information content (AvgIpc) is 3.31. The van der Waals surface area contributed by atoms with E-state index in [1.165, 1.54) is 38.5 Å². The smallest absolute Gasteiger partial charge is 0.306 e. The molecular weight excluding hydrogens is 853 g/mol. The topological polar surface area (TPSA) is 231 Å². The molecule has 1 unspecified atom stereocenters. The van der Waals surface area contributed by atoms with Crippen LogP contribution in [0.4, 0.5) is 0 Å². The van der Waals surface area contributed by atoms with Crippen molar-refractivity contribution in [3.63, 3.8) is 0 Å². The molecule has 11 atom stereocenters. The zero-order chi connectivity index (χ0) is 48.2. The predicted molar refractivity (Wildman–Crippen MR) is 252 cm³/mol. The molecule has 2 aliphatic rings. The van der Waals surface area contributed by atoms with Gasteiger partial charge in [0, 0.05) is 12.8 Å². The molecule has 0 amide bonds. The van der Waals surface area contributed by atoms with Gasteiger partial charge in [-0.3, -0.25) is 9.59 Å². The molecule has 15 heteroatoms. The Morgan fingerprint density at radius 3 is 1.52 bits per heavy atom. The predicted octanol–water partition coefficient (Wildman–Crippen LogP) is 6.71. The van der Waals surface area contributed by atoms with Crippen LogP contribution in [0.25, 0.3) is 0 Å². The zero-order valence-corrected chi connectivity index (χ0v) is 40.2. The van der Waals surface area contributed by atoms with Gasteiger partial charge in [-0.15, -0.1) is 0 Å². The Morgan fingerprint density at radius 2 is 0.955 bits per heavy atom. The molecule has 2 rings (SSSR count). The molecule has 0 spiro atoms. The maximum Gasteiger partial charge on any atom is 0.306 e. The summed E-state index contributed by atoms with van der Waals surface area (Å²) in [7, 11) is 0. The number of ether oxygens (including phenoxy) is 6. The lowest BCUT2D eigenvalue weighted by Crippen LogP contribution is -2.61. The fraction of sp³-hybridized carbons (Fsp3) is 0.804. The summed E-state index contributed by atoms with van der Waals surface area (Å²) in [5.74, 6) is -0.956. The largest absolute Gasteiger partial charge is 0.462 e. The van der Waals surface area contributed by atoms with E-state index in [9.17, 15) is 45.3 Å². The third kappa shape index (κ3) is 26.3. The van der Waals surface area contributed by atoms with E-state index < -0.39 is 99.3 Å². The minimum absolute atomic E-state index is 0.150. The normalized spacial score (nSPS) is 26.6. The second-order valence-corrected chi connectivity index (χ2v) is 17.6. The first-order valence-electron chi connectivity index (χ1n) is 25.2. The van der Waals surface area contributed by atoms with Crippen LogP contribution in [0, 0.1) is 0 Å². The van der Waals surface area contributed by atoms with Gasteiger partial charge >= 0.3 is 11.9 Å². The summed E-state index contributed by atoms with van der Waals surface area (Å²) < 4.78 is 33.5. The molecule has 0 aromatic rings. The van der Waals surface area contributed by atoms with Crippen LogP contribution in [0.2, 0.25) is 0 Å². The van der Waals surface area contributed by atoms with E-state index in [1.807, 2.05) is 0 Å². The molecule has 0 radical (unpaired) electrons. The van der Waals surface area contributed by atoms with Gasteiger partial charge in [0.2, 0.25) is 0 Å². The summed E-state index contributed by atoms with van der Waals surface area (Å²) in [6, 6.07) is 0. The van der Waals surface area contributed by atoms with Crippen LogP contribution in [-0.4, -0.2) is 142 Å². The van der Waals surface area contributed by atoms with Crippen LogP contribution < -0.4 is 0 Å². The average molecular weight is 941 g/mol. The lowest BCUT2D eigenvalue weighted by molar-refractivity contribution is -0.332. The van der Waals surface area contributed by atoms with Gasteiger partial charge in [0.1, 0.15) is 55.4 Å². The van der Waals surface area contributed by atoms with Crippen molar-refractivity contribution in [1.82, 2.24) is 0 Å². The molecule has 0 bridgehead atoms. The van der Waals surface area contributed by atoms with Crippen molar-refractivity contribution in [3.8, 4) is 0 Å². The number of aliphatic hydroxyl groups is 7. The Balaban J connectivity index is 1.83. The van der Waals surface area contributed by atoms with Crippen LogP contribution in [-0.2, 0) is 38.0 Å². The molecule has 0 saturated carbocycles. The van der Waals surface area contributed by atoms with Crippen molar-refractivity contribution in [2.75, 3.05) is 26.4 Å². The van der Waals surface area contributed by atoms with E-state index in [1.54, 1.807) is 0 Å². The molecule has 2 saturated heterocycles. The lowest BCUT2D eigenvalue weighted by atomic mass is 9.98. The van der Waals surface area contributed by atoms with Gasteiger partial charge in [-0.05, 0) is 70.6 Å². The van der Waals surface area contributed by atoms with Crippen molar-refractivity contribution < 1.29 is 73.8 Å². The first kappa shape index (κ1) is 59.6. The maximum atomic E-state index is 13.0. The van der Waals surface area contributed by atoms with Crippen LogP contribution >= 0.6 is 0 Å². The number of esters is 2. The number of hydrogen-bond acceptors (Lipinski definition) is 15. The highest BCUT2D eigenvalue weighted by Gasteiger charge is 2.47. The molecule has 0 aromatic carbocycles. The van der Waals surface area contributed by atoms with Gasteiger partial charge in [0.15, 0.2) is 18.7 Å². The van der Waals surface area contributed by atoms with Crippen LogP contribution in [0.5, 0.6) is 0 Å². The number of aliphatic hydroxyl groups excluding tert-OH is 7. The van der Waals surface area contributed by atoms with Gasteiger partial charge in [-0.2, -0.15) is 0 Å². The lowest BCUT2D eigenvalue weighted by Gasteiger charge is -2.42. The third-order valence-corrected chi connectivity index (χ3v) is 11.8. The minimum Gasteiger partial charge on any atom is -0.462 e. The van der Waals surface area contributed by atoms with E-state index in [4.69, 9.17) is 28.4 Å². The number of allylic oxidation sites excluding steroid dienone is 8. The summed E-state index contributed by atoms with van der Waals surface area (Å²) in [5.41, 5.74) is 0. The summed E-state index contributed by atoms with van der Waals surface area (Å²) in [6.45, 7) is 2.44. The molecule has 0 aliphatic carbocycles. The molecule has 2 fully saturated rings. The Kier molecular flexibility index (Phi) is 34.6. The maximum absolute atomic E-state index is 13.0. The second kappa shape index (κ2) is 38.3. The van der Waals surface area contributed by atoms with Crippen molar-refractivity contribution in [1.29, 1.82) is 0 Å². The van der Waals surface area contributed by atoms with Crippen LogP contribution in [0.3, 0.4) is 0 Å². The molecule has 15 nitrogen and oxygen atoms in total. The van der Waals surface area contributed by atoms with Gasteiger partial charge in [-0.25, -0.2) is 0 Å². The third-order valence-electron chi connectivity index (χ3n) is 11.8. The van der Waals surface area contributed by atoms with Crippen molar-refractivity contribution in [2.45, 2.75) is 235 Å². The number of rotatable bonds is 38. The number of carbonyl (C=O) groups excluding carboxylic acids is 2. The fourth-order valence-corrected chi connectivity index (χ4v) is 7.64. The van der Waals surface area contributed by atoms with Crippen molar-refractivity contribution >= 4 is 11.9 Å². The highest BCUT2D eigenvalue weighted by molar-refractivity contribution is 5.70. The highest BCUT2D eigenvalue weighted by Crippen LogP contribution is 2.26. The van der Waals surface area contributed by atoms with Crippen LogP contribution in [0.1, 0.15) is 168 Å². The number of carbonyl (C=O) groups is 2. The van der Waals surface area contributed by atoms with E-state index in [2.05, 4.69) is 62.5 Å². The summed E-state index contributed by atoms with van der Waals surface area (Å²) in [6.07, 6.45) is 24.2. The Bertz CT molecular complexity index is 1340. The van der Waals surface area contributed by atoms with E-state index in [-0.39, 0.29) is 19.4 Å². The van der Waals surface area contributed by atoms with Crippen molar-refractivity contribution in [3.05, 3.63) is 48.6 Å². The second-order valence-electron chi connectivity index (χ2n) is 17.6. The Labute approximate surface area is 395 Å². The number of hydrogen-bond donors (Lipinski definition) is 7. The minimum atomic E-state index is -1.77. The van der Waals surface area contributed by atoms with Crippen LogP contribution in [0.15, 0.2) is 48.6 Å². The number of unbranched alkanes of at least 4 members (excludes halogenated alkanes) is 16. The summed E-state index contributed by atoms with van der Waals surface area (Å²) in [4.78, 5) is 25.7. The van der Waals surface area contributed by atoms with E-state index in [0.717, 1.165) is 89.9 Å². The molecule has 0 aromatic heterocycles. The molecule has 7 N–H and O–H groups in total. The molecule has 2 aliphatic heterocycles. The van der Waals surface area contributed by atoms with Gasteiger partial charge in [0.05, 0.1) is 19.8 Å². The summed E-state index contributed by atoms with van der Waals surface area (Å²) >= 11 is 0. The van der Waals surface area contributed by atoms with E-state index in [0.29, 0.717) is 12.8 Å². The summed E-state index contributed by atoms with van der Waals surface area (Å²) in [5, 5.41) is 72.0.